The van der Waals surface area contributed by atoms with Crippen molar-refractivity contribution in [2.75, 3.05) is 23.0 Å². The van der Waals surface area contributed by atoms with Gasteiger partial charge in [0.2, 0.25) is 0 Å². The average Bonchev–Trinajstić information content (AvgIpc) is 3.40. The lowest BCUT2D eigenvalue weighted by atomic mass is 10.1. The Labute approximate surface area is 186 Å². The molecule has 2 heterocycles. The van der Waals surface area contributed by atoms with Crippen LogP contribution in [0, 0.1) is 0 Å². The molecule has 158 valence electrons. The first-order valence-electron chi connectivity index (χ1n) is 10.4. The van der Waals surface area contributed by atoms with Crippen molar-refractivity contribution in [2.24, 2.45) is 0 Å². The number of carbonyl (C=O) groups excluding carboxylic acids is 2. The molecular weight excluding hydrogens is 408 g/mol. The Hall–Kier alpha value is -3.38. The van der Waals surface area contributed by atoms with Gasteiger partial charge in [0.25, 0.3) is 11.8 Å². The summed E-state index contributed by atoms with van der Waals surface area (Å²) >= 11 is 1.46. The number of anilines is 2. The summed E-state index contributed by atoms with van der Waals surface area (Å²) < 4.78 is 5.72. The van der Waals surface area contributed by atoms with Gasteiger partial charge in [0.05, 0.1) is 17.9 Å². The lowest BCUT2D eigenvalue weighted by Crippen LogP contribution is -2.35. The molecule has 1 aliphatic rings. The summed E-state index contributed by atoms with van der Waals surface area (Å²) in [5.41, 5.74) is 2.22. The van der Waals surface area contributed by atoms with Gasteiger partial charge in [0.1, 0.15) is 11.4 Å². The van der Waals surface area contributed by atoms with Crippen molar-refractivity contribution in [1.29, 1.82) is 0 Å². The third-order valence-electron chi connectivity index (χ3n) is 5.03. The third-order valence-corrected chi connectivity index (χ3v) is 5.92. The molecule has 0 radical (unpaired) electrons. The maximum atomic E-state index is 13.7. The number of hydrogen-bond acceptors (Lipinski definition) is 5. The lowest BCUT2D eigenvalue weighted by molar-refractivity contribution is -0.120. The molecule has 3 aromatic rings. The largest absolute Gasteiger partial charge is 0.494 e. The van der Waals surface area contributed by atoms with Crippen molar-refractivity contribution in [3.05, 3.63) is 82.7 Å². The lowest BCUT2D eigenvalue weighted by Gasteiger charge is -2.24. The molecule has 6 heteroatoms. The summed E-state index contributed by atoms with van der Waals surface area (Å²) in [7, 11) is 0. The van der Waals surface area contributed by atoms with E-state index in [1.165, 1.54) is 16.2 Å². The second-order valence-electron chi connectivity index (χ2n) is 7.07. The SMILES string of the molecule is CCCOc1cccc(N2C(=O)C(c3cccs3)=C(N(CC)c3ccccc3)C2=O)c1. The first-order valence-corrected chi connectivity index (χ1v) is 11.3. The first kappa shape index (κ1) is 20.9. The smallest absolute Gasteiger partial charge is 0.282 e. The minimum Gasteiger partial charge on any atom is -0.494 e. The zero-order valence-corrected chi connectivity index (χ0v) is 18.4. The maximum Gasteiger partial charge on any atom is 0.282 e. The van der Waals surface area contributed by atoms with E-state index in [0.29, 0.717) is 35.9 Å². The molecule has 0 fully saturated rings. The van der Waals surface area contributed by atoms with Crippen LogP contribution in [0.5, 0.6) is 5.75 Å². The number of benzene rings is 2. The molecular formula is C25H24N2O3S. The van der Waals surface area contributed by atoms with Gasteiger partial charge in [-0.05, 0) is 49.1 Å². The van der Waals surface area contributed by atoms with Crippen molar-refractivity contribution in [3.8, 4) is 5.75 Å². The van der Waals surface area contributed by atoms with Gasteiger partial charge >= 0.3 is 0 Å². The zero-order valence-electron chi connectivity index (χ0n) is 17.6. The number of thiophene rings is 1. The maximum absolute atomic E-state index is 13.7. The van der Waals surface area contributed by atoms with Crippen LogP contribution < -0.4 is 14.5 Å². The monoisotopic (exact) mass is 432 g/mol. The zero-order chi connectivity index (χ0) is 21.8. The van der Waals surface area contributed by atoms with Crippen LogP contribution in [0.4, 0.5) is 11.4 Å². The molecule has 0 aliphatic carbocycles. The number of para-hydroxylation sites is 1. The second-order valence-corrected chi connectivity index (χ2v) is 8.02. The Balaban J connectivity index is 1.80. The number of amides is 2. The molecule has 2 amide bonds. The quantitative estimate of drug-likeness (QED) is 0.451. The van der Waals surface area contributed by atoms with E-state index < -0.39 is 0 Å². The van der Waals surface area contributed by atoms with Crippen molar-refractivity contribution in [3.63, 3.8) is 0 Å². The van der Waals surface area contributed by atoms with Gasteiger partial charge in [-0.3, -0.25) is 9.59 Å². The predicted molar refractivity (Wildman–Crippen MR) is 125 cm³/mol. The van der Waals surface area contributed by atoms with Crippen molar-refractivity contribution in [1.82, 2.24) is 0 Å². The van der Waals surface area contributed by atoms with Crippen LogP contribution in [0.1, 0.15) is 25.1 Å². The number of hydrogen-bond donors (Lipinski definition) is 0. The summed E-state index contributed by atoms with van der Waals surface area (Å²) in [6.45, 7) is 5.14. The van der Waals surface area contributed by atoms with E-state index in [1.54, 1.807) is 18.2 Å². The summed E-state index contributed by atoms with van der Waals surface area (Å²) in [4.78, 5) is 31.2. The normalized spacial score (nSPS) is 13.8. The van der Waals surface area contributed by atoms with Crippen LogP contribution in [-0.2, 0) is 9.59 Å². The Morgan fingerprint density at radius 1 is 0.935 bits per heavy atom. The predicted octanol–water partition coefficient (Wildman–Crippen LogP) is 5.35. The summed E-state index contributed by atoms with van der Waals surface area (Å²) in [5, 5.41) is 1.92. The van der Waals surface area contributed by atoms with E-state index in [0.717, 1.165) is 17.0 Å². The van der Waals surface area contributed by atoms with Crippen LogP contribution in [0.25, 0.3) is 5.57 Å². The van der Waals surface area contributed by atoms with Crippen LogP contribution in [0.2, 0.25) is 0 Å². The van der Waals surface area contributed by atoms with E-state index >= 15 is 0 Å². The van der Waals surface area contributed by atoms with Crippen LogP contribution in [0.15, 0.2) is 77.8 Å². The number of nitrogens with zero attached hydrogens (tertiary/aromatic N) is 2. The van der Waals surface area contributed by atoms with Crippen molar-refractivity contribution < 1.29 is 14.3 Å². The fourth-order valence-electron chi connectivity index (χ4n) is 3.66. The molecule has 31 heavy (non-hydrogen) atoms. The van der Waals surface area contributed by atoms with Gasteiger partial charge in [-0.1, -0.05) is 37.3 Å². The van der Waals surface area contributed by atoms with Gasteiger partial charge in [0.15, 0.2) is 0 Å². The second kappa shape index (κ2) is 9.18. The summed E-state index contributed by atoms with van der Waals surface area (Å²) in [6.07, 6.45) is 0.878. The molecule has 1 aromatic heterocycles. The standard InChI is InChI=1S/C25H24N2O3S/c1-3-15-30-20-13-8-12-19(17-20)27-24(28)22(21-14-9-16-31-21)23(25(27)29)26(4-2)18-10-6-5-7-11-18/h5-14,16-17H,3-4,15H2,1-2H3. The highest BCUT2D eigenvalue weighted by Crippen LogP contribution is 2.38. The number of rotatable bonds is 8. The highest BCUT2D eigenvalue weighted by molar-refractivity contribution is 7.11. The van der Waals surface area contributed by atoms with Gasteiger partial charge < -0.3 is 9.64 Å². The highest BCUT2D eigenvalue weighted by atomic mass is 32.1. The van der Waals surface area contributed by atoms with Gasteiger partial charge in [-0.15, -0.1) is 11.3 Å². The van der Waals surface area contributed by atoms with Gasteiger partial charge in [-0.2, -0.15) is 0 Å². The van der Waals surface area contributed by atoms with E-state index in [4.69, 9.17) is 4.74 Å². The molecule has 1 aliphatic heterocycles. The number of ether oxygens (including phenoxy) is 1. The molecule has 0 saturated heterocycles. The molecule has 0 bridgehead atoms. The van der Waals surface area contributed by atoms with Gasteiger partial charge in [0, 0.05) is 23.2 Å². The van der Waals surface area contributed by atoms with Crippen LogP contribution in [-0.4, -0.2) is 25.0 Å². The molecule has 0 unspecified atom stereocenters. The Morgan fingerprint density at radius 3 is 2.42 bits per heavy atom. The molecule has 0 saturated carbocycles. The van der Waals surface area contributed by atoms with E-state index in [1.807, 2.05) is 72.7 Å². The Bertz CT molecular complexity index is 1110. The number of likely N-dealkylation sites (N-methyl/N-ethyl adjacent to an activating group) is 1. The summed E-state index contributed by atoms with van der Waals surface area (Å²) in [5.74, 6) is -0.00213. The van der Waals surface area contributed by atoms with Crippen LogP contribution in [0.3, 0.4) is 0 Å². The van der Waals surface area contributed by atoms with Crippen molar-refractivity contribution >= 4 is 40.1 Å². The fourth-order valence-corrected chi connectivity index (χ4v) is 4.42. The van der Waals surface area contributed by atoms with Crippen molar-refractivity contribution in [2.45, 2.75) is 20.3 Å². The average molecular weight is 433 g/mol. The molecule has 2 aromatic carbocycles. The molecule has 4 rings (SSSR count). The fraction of sp³-hybridized carbons (Fsp3) is 0.200. The number of carbonyl (C=O) groups is 2. The van der Waals surface area contributed by atoms with Crippen LogP contribution >= 0.6 is 11.3 Å². The molecule has 5 nitrogen and oxygen atoms in total. The number of imide groups is 1. The third kappa shape index (κ3) is 3.99. The summed E-state index contributed by atoms with van der Waals surface area (Å²) in [6, 6.07) is 20.6. The molecule has 0 spiro atoms. The molecule has 0 atom stereocenters. The highest BCUT2D eigenvalue weighted by Gasteiger charge is 2.43. The molecule has 0 N–H and O–H groups in total. The topological polar surface area (TPSA) is 49.9 Å². The Morgan fingerprint density at radius 2 is 1.74 bits per heavy atom. The first-order chi connectivity index (χ1) is 15.2. The minimum atomic E-state index is -0.327. The Kier molecular flexibility index (Phi) is 6.18. The minimum absolute atomic E-state index is 0.315. The van der Waals surface area contributed by atoms with E-state index in [9.17, 15) is 9.59 Å². The van der Waals surface area contributed by atoms with E-state index in [-0.39, 0.29) is 11.8 Å². The van der Waals surface area contributed by atoms with E-state index in [2.05, 4.69) is 0 Å². The van der Waals surface area contributed by atoms with Gasteiger partial charge in [-0.25, -0.2) is 4.90 Å².